The van der Waals surface area contributed by atoms with E-state index < -0.39 is 5.60 Å². The van der Waals surface area contributed by atoms with Crippen molar-refractivity contribution in [1.29, 1.82) is 0 Å². The second-order valence-electron chi connectivity index (χ2n) is 6.87. The van der Waals surface area contributed by atoms with Crippen molar-refractivity contribution in [3.05, 3.63) is 82.0 Å². The fraction of sp³-hybridized carbons (Fsp3) is 0.136. The third kappa shape index (κ3) is 2.87. The highest BCUT2D eigenvalue weighted by Gasteiger charge is 2.20. The maximum absolute atomic E-state index is 12.9. The molecule has 0 aliphatic carbocycles. The summed E-state index contributed by atoms with van der Waals surface area (Å²) < 4.78 is 0. The highest BCUT2D eigenvalue weighted by molar-refractivity contribution is 7.13. The van der Waals surface area contributed by atoms with Crippen molar-refractivity contribution >= 4 is 22.2 Å². The summed E-state index contributed by atoms with van der Waals surface area (Å²) in [6.07, 6.45) is 0. The first kappa shape index (κ1) is 16.8. The van der Waals surface area contributed by atoms with Crippen molar-refractivity contribution in [1.82, 2.24) is 4.98 Å². The lowest BCUT2D eigenvalue weighted by atomic mass is 9.90. The molecular weight excluding hydrogens is 342 g/mol. The van der Waals surface area contributed by atoms with Crippen LogP contribution in [0.5, 0.6) is 0 Å². The number of aliphatic hydroxyl groups is 1. The first-order chi connectivity index (χ1) is 12.4. The highest BCUT2D eigenvalue weighted by Crippen LogP contribution is 2.37. The van der Waals surface area contributed by atoms with Crippen molar-refractivity contribution in [3.8, 4) is 21.6 Å². The van der Waals surface area contributed by atoms with E-state index in [9.17, 15) is 9.90 Å². The predicted molar refractivity (Wildman–Crippen MR) is 109 cm³/mol. The minimum absolute atomic E-state index is 0.102. The van der Waals surface area contributed by atoms with Crippen LogP contribution in [0.2, 0.25) is 0 Å². The molecule has 0 amide bonds. The summed E-state index contributed by atoms with van der Waals surface area (Å²) in [4.78, 5) is 16.8. The molecule has 0 aliphatic heterocycles. The highest BCUT2D eigenvalue weighted by atomic mass is 32.1. The first-order valence-electron chi connectivity index (χ1n) is 8.47. The Kier molecular flexibility index (Phi) is 4.02. The van der Waals surface area contributed by atoms with Gasteiger partial charge in [-0.1, -0.05) is 42.5 Å². The summed E-state index contributed by atoms with van der Waals surface area (Å²) in [6, 6.07) is 19.5. The van der Waals surface area contributed by atoms with Gasteiger partial charge in [0.1, 0.15) is 0 Å². The Morgan fingerprint density at radius 2 is 1.77 bits per heavy atom. The number of para-hydroxylation sites is 1. The molecule has 0 unspecified atom stereocenters. The fourth-order valence-electron chi connectivity index (χ4n) is 3.25. The number of hydrogen-bond acceptors (Lipinski definition) is 3. The molecular formula is C22H19NO2S. The van der Waals surface area contributed by atoms with E-state index in [1.165, 1.54) is 0 Å². The molecule has 0 radical (unpaired) electrons. The number of pyridine rings is 1. The van der Waals surface area contributed by atoms with Gasteiger partial charge in [0, 0.05) is 21.3 Å². The zero-order valence-electron chi connectivity index (χ0n) is 14.6. The zero-order valence-corrected chi connectivity index (χ0v) is 15.4. The number of aromatic amines is 1. The van der Waals surface area contributed by atoms with Gasteiger partial charge in [0.05, 0.1) is 11.2 Å². The largest absolute Gasteiger partial charge is 0.386 e. The van der Waals surface area contributed by atoms with E-state index in [4.69, 9.17) is 0 Å². The lowest BCUT2D eigenvalue weighted by Gasteiger charge is -2.19. The van der Waals surface area contributed by atoms with Crippen molar-refractivity contribution in [2.45, 2.75) is 19.4 Å². The Morgan fingerprint density at radius 1 is 0.962 bits per heavy atom. The molecule has 4 rings (SSSR count). The van der Waals surface area contributed by atoms with Gasteiger partial charge < -0.3 is 10.1 Å². The summed E-state index contributed by atoms with van der Waals surface area (Å²) >= 11 is 1.55. The van der Waals surface area contributed by atoms with Crippen LogP contribution in [0.1, 0.15) is 19.4 Å². The second-order valence-corrected chi connectivity index (χ2v) is 7.81. The molecule has 0 bridgehead atoms. The number of fused-ring (bicyclic) bond motifs is 1. The molecule has 2 N–H and O–H groups in total. The van der Waals surface area contributed by atoms with Crippen LogP contribution in [0.15, 0.2) is 70.8 Å². The number of aromatic nitrogens is 1. The average molecular weight is 361 g/mol. The maximum atomic E-state index is 12.9. The van der Waals surface area contributed by atoms with E-state index in [2.05, 4.69) is 4.98 Å². The summed E-state index contributed by atoms with van der Waals surface area (Å²) in [6.45, 7) is 3.53. The number of rotatable bonds is 3. The van der Waals surface area contributed by atoms with Crippen LogP contribution in [0, 0.1) is 0 Å². The van der Waals surface area contributed by atoms with E-state index in [1.807, 2.05) is 66.0 Å². The van der Waals surface area contributed by atoms with Crippen LogP contribution in [-0.4, -0.2) is 10.1 Å². The van der Waals surface area contributed by atoms with Gasteiger partial charge in [-0.2, -0.15) is 0 Å². The van der Waals surface area contributed by atoms with Gasteiger partial charge in [0.25, 0.3) is 5.56 Å². The topological polar surface area (TPSA) is 53.1 Å². The molecule has 0 spiro atoms. The number of thiophene rings is 1. The molecule has 2 heterocycles. The average Bonchev–Trinajstić information content (AvgIpc) is 3.14. The lowest BCUT2D eigenvalue weighted by Crippen LogP contribution is -2.15. The monoisotopic (exact) mass is 361 g/mol. The molecule has 4 aromatic rings. The molecule has 0 aliphatic rings. The Labute approximate surface area is 155 Å². The van der Waals surface area contributed by atoms with Crippen LogP contribution in [0.25, 0.3) is 32.5 Å². The van der Waals surface area contributed by atoms with Gasteiger partial charge in [-0.05, 0) is 48.6 Å². The minimum Gasteiger partial charge on any atom is -0.386 e. The van der Waals surface area contributed by atoms with Crippen molar-refractivity contribution in [2.24, 2.45) is 0 Å². The van der Waals surface area contributed by atoms with Gasteiger partial charge >= 0.3 is 0 Å². The number of hydrogen-bond donors (Lipinski definition) is 2. The summed E-state index contributed by atoms with van der Waals surface area (Å²) in [5.41, 5.74) is 3.07. The van der Waals surface area contributed by atoms with Crippen LogP contribution >= 0.6 is 11.3 Å². The van der Waals surface area contributed by atoms with Crippen molar-refractivity contribution in [2.75, 3.05) is 0 Å². The van der Waals surface area contributed by atoms with Gasteiger partial charge in [-0.3, -0.25) is 4.79 Å². The summed E-state index contributed by atoms with van der Waals surface area (Å²) in [7, 11) is 0. The van der Waals surface area contributed by atoms with Crippen LogP contribution in [0.4, 0.5) is 0 Å². The maximum Gasteiger partial charge on any atom is 0.257 e. The van der Waals surface area contributed by atoms with E-state index in [0.29, 0.717) is 5.56 Å². The van der Waals surface area contributed by atoms with Gasteiger partial charge in [0.2, 0.25) is 0 Å². The Hall–Kier alpha value is -2.69. The van der Waals surface area contributed by atoms with E-state index in [0.717, 1.165) is 32.5 Å². The Bertz CT molecular complexity index is 1130. The Morgan fingerprint density at radius 3 is 2.50 bits per heavy atom. The van der Waals surface area contributed by atoms with Gasteiger partial charge in [-0.15, -0.1) is 11.3 Å². The molecule has 0 saturated carbocycles. The minimum atomic E-state index is -0.948. The molecule has 2 aromatic carbocycles. The van der Waals surface area contributed by atoms with Crippen LogP contribution in [-0.2, 0) is 5.60 Å². The molecule has 0 saturated heterocycles. The smallest absolute Gasteiger partial charge is 0.257 e. The van der Waals surface area contributed by atoms with Crippen molar-refractivity contribution < 1.29 is 5.11 Å². The SMILES string of the molecule is CC(C)(O)c1cccc(-c2c(-c3cccs3)c(=O)[nH]c3ccccc23)c1. The second kappa shape index (κ2) is 6.24. The molecule has 4 heteroatoms. The fourth-order valence-corrected chi connectivity index (χ4v) is 4.03. The molecule has 2 aromatic heterocycles. The molecule has 130 valence electrons. The van der Waals surface area contributed by atoms with Crippen LogP contribution < -0.4 is 5.56 Å². The quantitative estimate of drug-likeness (QED) is 0.530. The van der Waals surface area contributed by atoms with E-state index >= 15 is 0 Å². The third-order valence-corrected chi connectivity index (χ3v) is 5.43. The molecule has 0 atom stereocenters. The third-order valence-electron chi connectivity index (χ3n) is 4.55. The van der Waals surface area contributed by atoms with Gasteiger partial charge in [-0.25, -0.2) is 0 Å². The van der Waals surface area contributed by atoms with Crippen LogP contribution in [0.3, 0.4) is 0 Å². The summed E-state index contributed by atoms with van der Waals surface area (Å²) in [5.74, 6) is 0. The number of benzene rings is 2. The van der Waals surface area contributed by atoms with E-state index in [1.54, 1.807) is 25.2 Å². The number of nitrogens with one attached hydrogen (secondary N) is 1. The Balaban J connectivity index is 2.12. The predicted octanol–water partition coefficient (Wildman–Crippen LogP) is 5.15. The summed E-state index contributed by atoms with van der Waals surface area (Å²) in [5, 5.41) is 13.4. The zero-order chi connectivity index (χ0) is 18.3. The molecule has 0 fully saturated rings. The first-order valence-corrected chi connectivity index (χ1v) is 9.35. The standard InChI is InChI=1S/C22H19NO2S/c1-22(2,25)15-8-5-7-14(13-15)19-16-9-3-4-10-17(16)23-21(24)20(19)18-11-6-12-26-18/h3-13,25H,1-2H3,(H,23,24). The molecule has 3 nitrogen and oxygen atoms in total. The van der Waals surface area contributed by atoms with Gasteiger partial charge in [0.15, 0.2) is 0 Å². The van der Waals surface area contributed by atoms with E-state index in [-0.39, 0.29) is 5.56 Å². The molecule has 26 heavy (non-hydrogen) atoms. The number of H-pyrrole nitrogens is 1. The normalized spacial score (nSPS) is 11.8. The van der Waals surface area contributed by atoms with Crippen molar-refractivity contribution in [3.63, 3.8) is 0 Å². The lowest BCUT2D eigenvalue weighted by molar-refractivity contribution is 0.0786.